The summed E-state index contributed by atoms with van der Waals surface area (Å²) in [6, 6.07) is 14.0. The number of thiazole rings is 1. The number of hydrogen-bond donors (Lipinski definition) is 0. The molecule has 1 aromatic heterocycles. The van der Waals surface area contributed by atoms with E-state index in [2.05, 4.69) is 10.9 Å². The van der Waals surface area contributed by atoms with Gasteiger partial charge in [0.15, 0.2) is 4.80 Å². The number of benzene rings is 2. The summed E-state index contributed by atoms with van der Waals surface area (Å²) >= 11 is 1.27. The molecule has 2 aromatic carbocycles. The number of allylic oxidation sites excluding steroid dienone is 1. The maximum absolute atomic E-state index is 13.7. The minimum absolute atomic E-state index is 0.184. The SMILES string of the molecule is C#CCOc1ccc(/C=c2/sc3n(c2=O)C(c2ccccc2OCC)C(C(=O)OCC)=C(C)N=3)cc1. The van der Waals surface area contributed by atoms with Crippen LogP contribution in [-0.2, 0) is 9.53 Å². The highest BCUT2D eigenvalue weighted by Gasteiger charge is 2.35. The lowest BCUT2D eigenvalue weighted by atomic mass is 9.95. The minimum atomic E-state index is -0.732. The Bertz CT molecular complexity index is 1520. The van der Waals surface area contributed by atoms with Gasteiger partial charge in [-0.25, -0.2) is 9.79 Å². The molecule has 1 aliphatic heterocycles. The average Bonchev–Trinajstić information content (AvgIpc) is 3.17. The molecule has 0 radical (unpaired) electrons. The van der Waals surface area contributed by atoms with Gasteiger partial charge in [0.2, 0.25) is 0 Å². The third kappa shape index (κ3) is 4.97. The lowest BCUT2D eigenvalue weighted by Crippen LogP contribution is -2.40. The highest BCUT2D eigenvalue weighted by Crippen LogP contribution is 2.35. The Hall–Kier alpha value is -4.09. The molecule has 0 spiro atoms. The molecule has 8 heteroatoms. The number of rotatable bonds is 8. The first-order valence-electron chi connectivity index (χ1n) is 11.6. The van der Waals surface area contributed by atoms with Gasteiger partial charge in [0.05, 0.1) is 29.0 Å². The molecule has 1 aliphatic rings. The summed E-state index contributed by atoms with van der Waals surface area (Å²) in [4.78, 5) is 31.9. The van der Waals surface area contributed by atoms with Gasteiger partial charge in [-0.3, -0.25) is 9.36 Å². The second-order valence-electron chi connectivity index (χ2n) is 7.83. The van der Waals surface area contributed by atoms with Gasteiger partial charge in [-0.05, 0) is 50.6 Å². The van der Waals surface area contributed by atoms with Crippen LogP contribution in [0.2, 0.25) is 0 Å². The Balaban J connectivity index is 1.88. The second kappa shape index (κ2) is 11.1. The Morgan fingerprint density at radius 2 is 1.89 bits per heavy atom. The van der Waals surface area contributed by atoms with Gasteiger partial charge < -0.3 is 14.2 Å². The second-order valence-corrected chi connectivity index (χ2v) is 8.84. The highest BCUT2D eigenvalue weighted by atomic mass is 32.1. The molecule has 0 saturated heterocycles. The lowest BCUT2D eigenvalue weighted by Gasteiger charge is -2.26. The Kier molecular flexibility index (Phi) is 7.71. The maximum Gasteiger partial charge on any atom is 0.338 e. The predicted octanol–water partition coefficient (Wildman–Crippen LogP) is 3.21. The van der Waals surface area contributed by atoms with Gasteiger partial charge in [0.1, 0.15) is 24.1 Å². The van der Waals surface area contributed by atoms with E-state index in [1.807, 2.05) is 43.3 Å². The van der Waals surface area contributed by atoms with E-state index in [-0.39, 0.29) is 18.8 Å². The first-order chi connectivity index (χ1) is 17.5. The van der Waals surface area contributed by atoms with Gasteiger partial charge in [-0.2, -0.15) is 0 Å². The standard InChI is InChI=1S/C28H26N2O5S/c1-5-16-35-20-14-12-19(13-15-20)17-23-26(31)30-25(21-10-8-9-11-22(21)33-6-2)24(27(32)34-7-3)18(4)29-28(30)36-23/h1,8-15,17,25H,6-7,16H2,2-4H3/b23-17+. The van der Waals surface area contributed by atoms with Crippen molar-refractivity contribution in [2.24, 2.45) is 4.99 Å². The molecule has 4 rings (SSSR count). The smallest absolute Gasteiger partial charge is 0.338 e. The summed E-state index contributed by atoms with van der Waals surface area (Å²) in [5.74, 6) is 3.16. The van der Waals surface area contributed by atoms with Gasteiger partial charge in [-0.1, -0.05) is 47.6 Å². The molecule has 0 bridgehead atoms. The van der Waals surface area contributed by atoms with Gasteiger partial charge in [0.25, 0.3) is 5.56 Å². The quantitative estimate of drug-likeness (QED) is 0.349. The number of esters is 1. The van der Waals surface area contributed by atoms with Gasteiger partial charge in [0, 0.05) is 5.56 Å². The van der Waals surface area contributed by atoms with Crippen molar-refractivity contribution in [1.29, 1.82) is 0 Å². The molecular formula is C28H26N2O5S. The van der Waals surface area contributed by atoms with Crippen molar-refractivity contribution in [2.45, 2.75) is 26.8 Å². The molecule has 0 saturated carbocycles. The van der Waals surface area contributed by atoms with E-state index < -0.39 is 12.0 Å². The monoisotopic (exact) mass is 502 g/mol. The number of carbonyl (C=O) groups is 1. The number of carbonyl (C=O) groups excluding carboxylic acids is 1. The van der Waals surface area contributed by atoms with Crippen LogP contribution in [0.4, 0.5) is 0 Å². The number of aromatic nitrogens is 1. The normalized spacial score (nSPS) is 15.1. The van der Waals surface area contributed by atoms with Crippen LogP contribution in [0, 0.1) is 12.3 Å². The van der Waals surface area contributed by atoms with Crippen molar-refractivity contribution < 1.29 is 19.0 Å². The van der Waals surface area contributed by atoms with Crippen LogP contribution in [0.1, 0.15) is 37.9 Å². The number of terminal acetylenes is 1. The van der Waals surface area contributed by atoms with Crippen molar-refractivity contribution in [2.75, 3.05) is 19.8 Å². The molecule has 0 aliphatic carbocycles. The third-order valence-electron chi connectivity index (χ3n) is 5.53. The van der Waals surface area contributed by atoms with Crippen LogP contribution in [0.5, 0.6) is 11.5 Å². The molecule has 1 atom stereocenters. The van der Waals surface area contributed by atoms with E-state index >= 15 is 0 Å². The number of hydrogen-bond acceptors (Lipinski definition) is 7. The van der Waals surface area contributed by atoms with Gasteiger partial charge in [-0.15, -0.1) is 6.42 Å². The predicted molar refractivity (Wildman–Crippen MR) is 139 cm³/mol. The number of para-hydroxylation sites is 1. The minimum Gasteiger partial charge on any atom is -0.494 e. The third-order valence-corrected chi connectivity index (χ3v) is 6.51. The zero-order valence-electron chi connectivity index (χ0n) is 20.3. The molecule has 0 fully saturated rings. The zero-order chi connectivity index (χ0) is 25.7. The number of fused-ring (bicyclic) bond motifs is 1. The van der Waals surface area contributed by atoms with Crippen LogP contribution < -0.4 is 24.4 Å². The van der Waals surface area contributed by atoms with Crippen LogP contribution in [0.25, 0.3) is 6.08 Å². The van der Waals surface area contributed by atoms with E-state index in [0.29, 0.717) is 44.3 Å². The Morgan fingerprint density at radius 3 is 2.58 bits per heavy atom. The number of ether oxygens (including phenoxy) is 3. The van der Waals surface area contributed by atoms with Crippen LogP contribution >= 0.6 is 11.3 Å². The molecule has 2 heterocycles. The summed E-state index contributed by atoms with van der Waals surface area (Å²) in [6.45, 7) is 6.23. The zero-order valence-corrected chi connectivity index (χ0v) is 21.1. The van der Waals surface area contributed by atoms with Crippen molar-refractivity contribution in [1.82, 2.24) is 4.57 Å². The molecule has 36 heavy (non-hydrogen) atoms. The molecule has 0 N–H and O–H groups in total. The molecular weight excluding hydrogens is 476 g/mol. The fourth-order valence-electron chi connectivity index (χ4n) is 4.02. The van der Waals surface area contributed by atoms with Gasteiger partial charge >= 0.3 is 5.97 Å². The van der Waals surface area contributed by atoms with Crippen LogP contribution in [0.15, 0.2) is 69.6 Å². The maximum atomic E-state index is 13.7. The van der Waals surface area contributed by atoms with Crippen molar-refractivity contribution in [3.63, 3.8) is 0 Å². The van der Waals surface area contributed by atoms with Crippen molar-refractivity contribution in [3.05, 3.63) is 90.6 Å². The van der Waals surface area contributed by atoms with Crippen LogP contribution in [-0.4, -0.2) is 30.4 Å². The number of nitrogens with zero attached hydrogens (tertiary/aromatic N) is 2. The van der Waals surface area contributed by atoms with E-state index in [0.717, 1.165) is 5.56 Å². The van der Waals surface area contributed by atoms with Crippen molar-refractivity contribution in [3.8, 4) is 23.8 Å². The van der Waals surface area contributed by atoms with E-state index in [1.165, 1.54) is 11.3 Å². The molecule has 7 nitrogen and oxygen atoms in total. The fourth-order valence-corrected chi connectivity index (χ4v) is 5.06. The highest BCUT2D eigenvalue weighted by molar-refractivity contribution is 7.07. The molecule has 184 valence electrons. The summed E-state index contributed by atoms with van der Waals surface area (Å²) in [5.41, 5.74) is 2.09. The Morgan fingerprint density at radius 1 is 1.14 bits per heavy atom. The first-order valence-corrected chi connectivity index (χ1v) is 12.4. The van der Waals surface area contributed by atoms with E-state index in [9.17, 15) is 9.59 Å². The first kappa shape index (κ1) is 25.0. The topological polar surface area (TPSA) is 79.1 Å². The molecule has 1 unspecified atom stereocenters. The molecule has 3 aromatic rings. The van der Waals surface area contributed by atoms with E-state index in [4.69, 9.17) is 20.6 Å². The van der Waals surface area contributed by atoms with Crippen LogP contribution in [0.3, 0.4) is 0 Å². The average molecular weight is 503 g/mol. The lowest BCUT2D eigenvalue weighted by molar-refractivity contribution is -0.139. The summed E-state index contributed by atoms with van der Waals surface area (Å²) < 4.78 is 18.7. The largest absolute Gasteiger partial charge is 0.494 e. The van der Waals surface area contributed by atoms with Crippen molar-refractivity contribution >= 4 is 23.4 Å². The summed E-state index contributed by atoms with van der Waals surface area (Å²) in [7, 11) is 0. The summed E-state index contributed by atoms with van der Waals surface area (Å²) in [5, 5.41) is 0. The van der Waals surface area contributed by atoms with E-state index in [1.54, 1.807) is 36.6 Å². The summed E-state index contributed by atoms with van der Waals surface area (Å²) in [6.07, 6.45) is 7.04. The Labute approximate surface area is 213 Å². The molecule has 0 amide bonds. The fraction of sp³-hybridized carbons (Fsp3) is 0.250.